The predicted octanol–water partition coefficient (Wildman–Crippen LogP) is 3.92. The van der Waals surface area contributed by atoms with E-state index in [0.29, 0.717) is 5.22 Å². The van der Waals surface area contributed by atoms with Gasteiger partial charge in [0.05, 0.1) is 5.69 Å². The normalized spacial score (nSPS) is 12.7. The minimum Gasteiger partial charge on any atom is -0.439 e. The number of nitrogens with zero attached hydrogens (tertiary/aromatic N) is 1. The Hall–Kier alpha value is -0.780. The second kappa shape index (κ2) is 5.25. The van der Waals surface area contributed by atoms with E-state index in [9.17, 15) is 0 Å². The first-order valence-corrected chi connectivity index (χ1v) is 6.82. The van der Waals surface area contributed by atoms with Gasteiger partial charge in [0.25, 0.3) is 5.22 Å². The van der Waals surface area contributed by atoms with Gasteiger partial charge in [-0.3, -0.25) is 0 Å². The molecule has 0 unspecified atom stereocenters. The molecule has 0 radical (unpaired) electrons. The van der Waals surface area contributed by atoms with Crippen molar-refractivity contribution in [3.05, 3.63) is 40.2 Å². The first kappa shape index (κ1) is 12.7. The molecule has 0 saturated carbocycles. The summed E-state index contributed by atoms with van der Waals surface area (Å²) in [7, 11) is 0. The Morgan fingerprint density at radius 1 is 1.47 bits per heavy atom. The van der Waals surface area contributed by atoms with Crippen molar-refractivity contribution in [2.75, 3.05) is 0 Å². The SMILES string of the molecule is Cc1coc(Sc2ccc([C@@H](C)N)c(Br)c2)n1. The summed E-state index contributed by atoms with van der Waals surface area (Å²) in [6.45, 7) is 3.87. The Kier molecular flexibility index (Phi) is 3.91. The standard InChI is InChI=1S/C12H13BrN2OS/c1-7-6-16-12(15-7)17-9-3-4-10(8(2)14)11(13)5-9/h3-6,8H,14H2,1-2H3/t8-/m1/s1. The molecule has 0 saturated heterocycles. The lowest BCUT2D eigenvalue weighted by Crippen LogP contribution is -2.05. The van der Waals surface area contributed by atoms with Gasteiger partial charge in [-0.05, 0) is 43.3 Å². The number of halogens is 1. The molecule has 2 aromatic rings. The molecule has 0 aliphatic rings. The second-order valence-corrected chi connectivity index (χ2v) is 5.71. The molecular formula is C12H13BrN2OS. The zero-order chi connectivity index (χ0) is 12.4. The largest absolute Gasteiger partial charge is 0.439 e. The Labute approximate surface area is 113 Å². The summed E-state index contributed by atoms with van der Waals surface area (Å²) in [5, 5.41) is 0.656. The lowest BCUT2D eigenvalue weighted by molar-refractivity contribution is 0.454. The highest BCUT2D eigenvalue weighted by molar-refractivity contribution is 9.10. The molecule has 3 nitrogen and oxygen atoms in total. The molecule has 2 N–H and O–H groups in total. The summed E-state index contributed by atoms with van der Waals surface area (Å²) in [6.07, 6.45) is 1.65. The van der Waals surface area contributed by atoms with Gasteiger partial charge in [-0.15, -0.1) is 0 Å². The van der Waals surface area contributed by atoms with Gasteiger partial charge < -0.3 is 10.2 Å². The topological polar surface area (TPSA) is 52.0 Å². The fraction of sp³-hybridized carbons (Fsp3) is 0.250. The number of aromatic nitrogens is 1. The lowest BCUT2D eigenvalue weighted by Gasteiger charge is -2.09. The number of hydrogen-bond donors (Lipinski definition) is 1. The third-order valence-electron chi connectivity index (χ3n) is 2.27. The van der Waals surface area contributed by atoms with Crippen LogP contribution in [0.1, 0.15) is 24.2 Å². The van der Waals surface area contributed by atoms with Crippen molar-refractivity contribution in [3.63, 3.8) is 0 Å². The van der Waals surface area contributed by atoms with Crippen LogP contribution in [-0.4, -0.2) is 4.98 Å². The van der Waals surface area contributed by atoms with Gasteiger partial charge in [-0.25, -0.2) is 4.98 Å². The molecule has 5 heteroatoms. The molecule has 0 spiro atoms. The van der Waals surface area contributed by atoms with Gasteiger partial charge in [-0.1, -0.05) is 22.0 Å². The third kappa shape index (κ3) is 3.12. The third-order valence-corrected chi connectivity index (χ3v) is 3.80. The van der Waals surface area contributed by atoms with Gasteiger partial charge in [0.1, 0.15) is 6.26 Å². The summed E-state index contributed by atoms with van der Waals surface area (Å²) in [6, 6.07) is 6.09. The van der Waals surface area contributed by atoms with E-state index in [1.165, 1.54) is 11.8 Å². The number of nitrogens with two attached hydrogens (primary N) is 1. The maximum absolute atomic E-state index is 5.85. The van der Waals surface area contributed by atoms with Gasteiger partial charge in [0.15, 0.2) is 0 Å². The average Bonchev–Trinajstić information content (AvgIpc) is 2.63. The smallest absolute Gasteiger partial charge is 0.260 e. The maximum atomic E-state index is 5.85. The van der Waals surface area contributed by atoms with Crippen LogP contribution in [0, 0.1) is 6.92 Å². The van der Waals surface area contributed by atoms with Gasteiger partial charge >= 0.3 is 0 Å². The van der Waals surface area contributed by atoms with Crippen molar-refractivity contribution in [1.29, 1.82) is 0 Å². The minimum absolute atomic E-state index is 0.0207. The van der Waals surface area contributed by atoms with E-state index in [-0.39, 0.29) is 6.04 Å². The Morgan fingerprint density at radius 2 is 2.24 bits per heavy atom. The zero-order valence-corrected chi connectivity index (χ0v) is 12.0. The minimum atomic E-state index is 0.0207. The molecule has 0 bridgehead atoms. The van der Waals surface area contributed by atoms with Gasteiger partial charge in [0.2, 0.25) is 0 Å². The molecule has 90 valence electrons. The van der Waals surface area contributed by atoms with E-state index >= 15 is 0 Å². The molecule has 0 amide bonds. The van der Waals surface area contributed by atoms with Crippen LogP contribution < -0.4 is 5.73 Å². The molecule has 2 rings (SSSR count). The second-order valence-electron chi connectivity index (χ2n) is 3.83. The summed E-state index contributed by atoms with van der Waals surface area (Å²) in [4.78, 5) is 5.32. The Balaban J connectivity index is 2.20. The molecule has 17 heavy (non-hydrogen) atoms. The fourth-order valence-corrected chi connectivity index (χ4v) is 3.11. The van der Waals surface area contributed by atoms with Crippen molar-refractivity contribution >= 4 is 27.7 Å². The van der Waals surface area contributed by atoms with Gasteiger partial charge in [-0.2, -0.15) is 0 Å². The van der Waals surface area contributed by atoms with Crippen LogP contribution in [0.2, 0.25) is 0 Å². The van der Waals surface area contributed by atoms with Crippen LogP contribution in [0.25, 0.3) is 0 Å². The van der Waals surface area contributed by atoms with E-state index < -0.39 is 0 Å². The number of rotatable bonds is 3. The Bertz CT molecular complexity index is 525. The number of benzene rings is 1. The van der Waals surface area contributed by atoms with Crippen LogP contribution in [0.15, 0.2) is 43.5 Å². The van der Waals surface area contributed by atoms with E-state index in [2.05, 4.69) is 20.9 Å². The first-order chi connectivity index (χ1) is 8.06. The van der Waals surface area contributed by atoms with E-state index in [1.807, 2.05) is 32.0 Å². The summed E-state index contributed by atoms with van der Waals surface area (Å²) in [5.41, 5.74) is 7.84. The summed E-state index contributed by atoms with van der Waals surface area (Å²) in [5.74, 6) is 0. The first-order valence-electron chi connectivity index (χ1n) is 5.21. The molecule has 1 aromatic carbocycles. The van der Waals surface area contributed by atoms with Gasteiger partial charge in [0, 0.05) is 15.4 Å². The molecule has 0 aliphatic heterocycles. The van der Waals surface area contributed by atoms with Crippen molar-refractivity contribution in [1.82, 2.24) is 4.98 Å². The summed E-state index contributed by atoms with van der Waals surface area (Å²) < 4.78 is 6.31. The summed E-state index contributed by atoms with van der Waals surface area (Å²) >= 11 is 5.02. The highest BCUT2D eigenvalue weighted by Crippen LogP contribution is 2.31. The van der Waals surface area contributed by atoms with Crippen LogP contribution in [0.5, 0.6) is 0 Å². The van der Waals surface area contributed by atoms with Crippen LogP contribution in [-0.2, 0) is 0 Å². The molecule has 1 aromatic heterocycles. The van der Waals surface area contributed by atoms with Crippen molar-refractivity contribution in [2.45, 2.75) is 30.0 Å². The van der Waals surface area contributed by atoms with Crippen LogP contribution >= 0.6 is 27.7 Å². The molecule has 0 aliphatic carbocycles. The fourth-order valence-electron chi connectivity index (χ4n) is 1.42. The van der Waals surface area contributed by atoms with Crippen molar-refractivity contribution < 1.29 is 4.42 Å². The lowest BCUT2D eigenvalue weighted by atomic mass is 10.1. The zero-order valence-electron chi connectivity index (χ0n) is 9.61. The average molecular weight is 313 g/mol. The quantitative estimate of drug-likeness (QED) is 0.933. The molecule has 1 heterocycles. The molecular weight excluding hydrogens is 300 g/mol. The number of oxazole rings is 1. The van der Waals surface area contributed by atoms with Crippen LogP contribution in [0.4, 0.5) is 0 Å². The van der Waals surface area contributed by atoms with E-state index in [1.54, 1.807) is 6.26 Å². The highest BCUT2D eigenvalue weighted by atomic mass is 79.9. The maximum Gasteiger partial charge on any atom is 0.260 e. The highest BCUT2D eigenvalue weighted by Gasteiger charge is 2.08. The van der Waals surface area contributed by atoms with Crippen molar-refractivity contribution in [3.8, 4) is 0 Å². The Morgan fingerprint density at radius 3 is 2.76 bits per heavy atom. The molecule has 1 atom stereocenters. The number of aryl methyl sites for hydroxylation is 1. The van der Waals surface area contributed by atoms with E-state index in [0.717, 1.165) is 20.6 Å². The predicted molar refractivity (Wildman–Crippen MR) is 72.1 cm³/mol. The van der Waals surface area contributed by atoms with Crippen molar-refractivity contribution in [2.24, 2.45) is 5.73 Å². The number of hydrogen-bond acceptors (Lipinski definition) is 4. The molecule has 0 fully saturated rings. The van der Waals surface area contributed by atoms with Crippen LogP contribution in [0.3, 0.4) is 0 Å². The monoisotopic (exact) mass is 312 g/mol. The van der Waals surface area contributed by atoms with E-state index in [4.69, 9.17) is 10.2 Å².